The molecule has 0 N–H and O–H groups in total. The van der Waals surface area contributed by atoms with Gasteiger partial charge >= 0.3 is 0 Å². The lowest BCUT2D eigenvalue weighted by Crippen LogP contribution is -1.98. The Labute approximate surface area is 108 Å². The van der Waals surface area contributed by atoms with Gasteiger partial charge in [-0.2, -0.15) is 10.2 Å². The van der Waals surface area contributed by atoms with Crippen LogP contribution in [0, 0.1) is 10.1 Å². The molecular weight excluding hydrogens is 246 g/mol. The first-order valence-electron chi connectivity index (χ1n) is 5.41. The summed E-state index contributed by atoms with van der Waals surface area (Å²) < 4.78 is 0. The molecule has 0 spiro atoms. The van der Waals surface area contributed by atoms with Crippen molar-refractivity contribution < 1.29 is 9.72 Å². The number of allylic oxidation sites excluding steroid dienone is 4. The maximum absolute atomic E-state index is 10.9. The number of nitrogens with zero attached hydrogens (tertiary/aromatic N) is 3. The van der Waals surface area contributed by atoms with E-state index in [0.29, 0.717) is 11.3 Å². The van der Waals surface area contributed by atoms with Gasteiger partial charge in [0.2, 0.25) is 0 Å². The van der Waals surface area contributed by atoms with Crippen LogP contribution >= 0.6 is 0 Å². The van der Waals surface area contributed by atoms with Crippen LogP contribution in [-0.4, -0.2) is 22.6 Å². The third-order valence-electron chi connectivity index (χ3n) is 2.32. The summed E-state index contributed by atoms with van der Waals surface area (Å²) in [6.07, 6.45) is 7.42. The summed E-state index contributed by atoms with van der Waals surface area (Å²) in [5, 5.41) is 18.2. The highest BCUT2D eigenvalue weighted by Gasteiger charge is 2.02. The first kappa shape index (κ1) is 12.6. The van der Waals surface area contributed by atoms with Crippen LogP contribution in [0.4, 0.5) is 5.69 Å². The van der Waals surface area contributed by atoms with Gasteiger partial charge in [-0.25, -0.2) is 0 Å². The van der Waals surface area contributed by atoms with Crippen LogP contribution in [0.3, 0.4) is 0 Å². The lowest BCUT2D eigenvalue weighted by atomic mass is 10.2. The molecule has 0 unspecified atom stereocenters. The second-order valence-corrected chi connectivity index (χ2v) is 3.69. The first-order valence-corrected chi connectivity index (χ1v) is 5.41. The topological polar surface area (TPSA) is 84.9 Å². The average Bonchev–Trinajstić information content (AvgIpc) is 2.41. The number of carbonyl (C=O) groups is 1. The normalized spacial score (nSPS) is 14.1. The molecule has 1 aliphatic carbocycles. The minimum atomic E-state index is -0.463. The molecule has 0 aliphatic heterocycles. The number of ketones is 1. The Kier molecular flexibility index (Phi) is 3.72. The van der Waals surface area contributed by atoms with E-state index in [-0.39, 0.29) is 11.5 Å². The molecule has 1 aromatic carbocycles. The highest BCUT2D eigenvalue weighted by molar-refractivity contribution is 6.16. The standard InChI is InChI=1S/C13H9N3O3/c17-13-7-3-11(4-8-13)15-14-9-10-1-5-12(6-2-10)16(18)19/h1-9H/b14-9+. The predicted octanol–water partition coefficient (Wildman–Crippen LogP) is 2.06. The minimum Gasteiger partial charge on any atom is -0.290 e. The molecule has 0 bridgehead atoms. The molecule has 0 atom stereocenters. The summed E-state index contributed by atoms with van der Waals surface area (Å²) in [5.41, 5.74) is 1.30. The van der Waals surface area contributed by atoms with Crippen LogP contribution in [-0.2, 0) is 4.79 Å². The summed E-state index contributed by atoms with van der Waals surface area (Å²) in [6, 6.07) is 5.96. The van der Waals surface area contributed by atoms with Gasteiger partial charge in [0.05, 0.1) is 16.8 Å². The highest BCUT2D eigenvalue weighted by atomic mass is 16.6. The molecule has 2 rings (SSSR count). The molecule has 0 heterocycles. The number of non-ortho nitro benzene ring substituents is 1. The number of nitro groups is 1. The second kappa shape index (κ2) is 5.63. The van der Waals surface area contributed by atoms with Gasteiger partial charge < -0.3 is 0 Å². The van der Waals surface area contributed by atoms with Crippen molar-refractivity contribution in [2.75, 3.05) is 0 Å². The van der Waals surface area contributed by atoms with Crippen molar-refractivity contribution in [1.29, 1.82) is 0 Å². The van der Waals surface area contributed by atoms with Crippen LogP contribution in [0.2, 0.25) is 0 Å². The summed E-state index contributed by atoms with van der Waals surface area (Å²) in [6.45, 7) is 0. The number of rotatable bonds is 3. The lowest BCUT2D eigenvalue weighted by molar-refractivity contribution is -0.384. The van der Waals surface area contributed by atoms with Crippen molar-refractivity contribution in [3.8, 4) is 0 Å². The predicted molar refractivity (Wildman–Crippen MR) is 71.4 cm³/mol. The Balaban J connectivity index is 2.05. The van der Waals surface area contributed by atoms with E-state index in [0.717, 1.165) is 0 Å². The van der Waals surface area contributed by atoms with Gasteiger partial charge in [-0.1, -0.05) is 0 Å². The Morgan fingerprint density at radius 2 is 1.68 bits per heavy atom. The Morgan fingerprint density at radius 1 is 1.05 bits per heavy atom. The molecule has 6 nitrogen and oxygen atoms in total. The van der Waals surface area contributed by atoms with Crippen molar-refractivity contribution >= 4 is 23.4 Å². The Bertz CT molecular complexity index is 607. The summed E-state index contributed by atoms with van der Waals surface area (Å²) in [5.74, 6) is -0.0849. The minimum absolute atomic E-state index is 0.0279. The molecule has 0 radical (unpaired) electrons. The Hall–Kier alpha value is -2.89. The van der Waals surface area contributed by atoms with E-state index in [1.54, 1.807) is 24.3 Å². The van der Waals surface area contributed by atoms with Crippen molar-refractivity contribution in [2.24, 2.45) is 10.2 Å². The number of nitro benzene ring substituents is 1. The largest absolute Gasteiger partial charge is 0.290 e. The number of benzene rings is 1. The van der Waals surface area contributed by atoms with E-state index in [2.05, 4.69) is 10.2 Å². The third kappa shape index (κ3) is 3.53. The molecule has 0 saturated heterocycles. The number of hydrogen-bond donors (Lipinski definition) is 0. The molecule has 1 aromatic rings. The van der Waals surface area contributed by atoms with Gasteiger partial charge in [0.25, 0.3) is 5.69 Å². The molecule has 0 amide bonds. The summed E-state index contributed by atoms with van der Waals surface area (Å²) in [7, 11) is 0. The van der Waals surface area contributed by atoms with Crippen LogP contribution in [0.25, 0.3) is 0 Å². The zero-order valence-corrected chi connectivity index (χ0v) is 9.76. The van der Waals surface area contributed by atoms with E-state index in [1.807, 2.05) is 0 Å². The van der Waals surface area contributed by atoms with E-state index >= 15 is 0 Å². The Morgan fingerprint density at radius 3 is 2.26 bits per heavy atom. The quantitative estimate of drug-likeness (QED) is 0.358. The van der Waals surface area contributed by atoms with Crippen molar-refractivity contribution in [3.63, 3.8) is 0 Å². The molecule has 19 heavy (non-hydrogen) atoms. The van der Waals surface area contributed by atoms with Gasteiger partial charge in [-0.3, -0.25) is 14.9 Å². The van der Waals surface area contributed by atoms with Gasteiger partial charge in [0, 0.05) is 12.1 Å². The van der Waals surface area contributed by atoms with E-state index in [1.165, 1.54) is 30.5 Å². The molecule has 1 aliphatic rings. The van der Waals surface area contributed by atoms with Gasteiger partial charge in [0.15, 0.2) is 5.78 Å². The van der Waals surface area contributed by atoms with Crippen LogP contribution < -0.4 is 0 Å². The molecular formula is C13H9N3O3. The van der Waals surface area contributed by atoms with Gasteiger partial charge in [0.1, 0.15) is 0 Å². The number of hydrogen-bond acceptors (Lipinski definition) is 5. The molecule has 6 heteroatoms. The maximum atomic E-state index is 10.9. The van der Waals surface area contributed by atoms with Gasteiger partial charge in [-0.05, 0) is 42.0 Å². The number of carbonyl (C=O) groups excluding carboxylic acids is 1. The van der Waals surface area contributed by atoms with Crippen molar-refractivity contribution in [3.05, 3.63) is 64.2 Å². The smallest absolute Gasteiger partial charge is 0.269 e. The van der Waals surface area contributed by atoms with Crippen LogP contribution in [0.15, 0.2) is 58.8 Å². The van der Waals surface area contributed by atoms with E-state index < -0.39 is 4.92 Å². The maximum Gasteiger partial charge on any atom is 0.269 e. The molecule has 0 saturated carbocycles. The fourth-order valence-electron chi connectivity index (χ4n) is 1.36. The SMILES string of the molecule is O=C1C=CC(=N/N=C/c2ccc([N+](=O)[O-])cc2)C=C1. The molecule has 94 valence electrons. The van der Waals surface area contributed by atoms with Gasteiger partial charge in [-0.15, -0.1) is 0 Å². The fraction of sp³-hybridized carbons (Fsp3) is 0. The lowest BCUT2D eigenvalue weighted by Gasteiger charge is -1.95. The second-order valence-electron chi connectivity index (χ2n) is 3.69. The van der Waals surface area contributed by atoms with Crippen molar-refractivity contribution in [1.82, 2.24) is 0 Å². The third-order valence-corrected chi connectivity index (χ3v) is 2.32. The molecule has 0 aromatic heterocycles. The highest BCUT2D eigenvalue weighted by Crippen LogP contribution is 2.10. The first-order chi connectivity index (χ1) is 9.15. The fourth-order valence-corrected chi connectivity index (χ4v) is 1.36. The zero-order valence-electron chi connectivity index (χ0n) is 9.76. The van der Waals surface area contributed by atoms with E-state index in [9.17, 15) is 14.9 Å². The summed E-state index contributed by atoms with van der Waals surface area (Å²) in [4.78, 5) is 20.9. The van der Waals surface area contributed by atoms with Crippen molar-refractivity contribution in [2.45, 2.75) is 0 Å². The molecule has 0 fully saturated rings. The monoisotopic (exact) mass is 255 g/mol. The van der Waals surface area contributed by atoms with E-state index in [4.69, 9.17) is 0 Å². The van der Waals surface area contributed by atoms with Crippen LogP contribution in [0.1, 0.15) is 5.56 Å². The average molecular weight is 255 g/mol. The zero-order chi connectivity index (χ0) is 13.7. The van der Waals surface area contributed by atoms with Crippen LogP contribution in [0.5, 0.6) is 0 Å². The summed E-state index contributed by atoms with van der Waals surface area (Å²) >= 11 is 0.